The normalized spacial score (nSPS) is 10.8. The molecule has 0 aliphatic rings. The van der Waals surface area contributed by atoms with Crippen molar-refractivity contribution in [3.05, 3.63) is 89.0 Å². The fourth-order valence-corrected chi connectivity index (χ4v) is 5.89. The Bertz CT molecular complexity index is 1820. The Morgan fingerprint density at radius 2 is 1.12 bits per heavy atom. The molecular weight excluding hydrogens is 668 g/mol. The van der Waals surface area contributed by atoms with E-state index in [9.17, 15) is 29.4 Å². The number of hydrogen-bond acceptors (Lipinski definition) is 9. The Morgan fingerprint density at radius 3 is 1.56 bits per heavy atom. The summed E-state index contributed by atoms with van der Waals surface area (Å²) in [6.07, 6.45) is 4.25. The van der Waals surface area contributed by atoms with E-state index in [-0.39, 0.29) is 30.4 Å². The van der Waals surface area contributed by atoms with Crippen molar-refractivity contribution >= 4 is 23.9 Å². The zero-order valence-corrected chi connectivity index (χ0v) is 30.8. The first kappa shape index (κ1) is 40.8. The fourth-order valence-electron chi connectivity index (χ4n) is 5.89. The Hall–Kier alpha value is -5.58. The molecule has 0 spiro atoms. The number of aryl methyl sites for hydroxylation is 2. The average Bonchev–Trinajstić information content (AvgIpc) is 3.09. The van der Waals surface area contributed by atoms with Crippen LogP contribution in [0.4, 0.5) is 0 Å². The summed E-state index contributed by atoms with van der Waals surface area (Å²) >= 11 is 0. The number of benzene rings is 3. The number of unbranched alkanes of at least 4 members (excludes halogenated alkanes) is 2. The number of ether oxygens (including phenoxy) is 5. The Labute approximate surface area is 304 Å². The minimum atomic E-state index is -1.13. The molecule has 0 aliphatic carbocycles. The smallest absolute Gasteiger partial charge is 0.336 e. The summed E-state index contributed by atoms with van der Waals surface area (Å²) < 4.78 is 28.7. The zero-order valence-electron chi connectivity index (χ0n) is 30.8. The molecule has 0 saturated carbocycles. The minimum Gasteiger partial charge on any atom is -0.493 e. The molecule has 3 aromatic rings. The number of carbonyl (C=O) groups excluding carboxylic acids is 2. The van der Waals surface area contributed by atoms with Gasteiger partial charge in [-0.3, -0.25) is 0 Å². The number of rotatable bonds is 20. The SMILES string of the molecule is C=CC(=O)OCCCCOc1c(C)cc(C(=O)O)c(-c2ccc(-c3c(C(=O)O)cc(C)c(OCCCCOC(=O)C=C)c3C)c(OC(C)C)c2)c1C. The first-order chi connectivity index (χ1) is 24.7. The maximum atomic E-state index is 12.6. The van der Waals surface area contributed by atoms with Crippen LogP contribution in [-0.4, -0.2) is 66.6 Å². The largest absolute Gasteiger partial charge is 0.493 e. The Balaban J connectivity index is 2.07. The minimum absolute atomic E-state index is 0.0627. The van der Waals surface area contributed by atoms with Crippen molar-refractivity contribution in [3.63, 3.8) is 0 Å². The van der Waals surface area contributed by atoms with E-state index in [2.05, 4.69) is 13.2 Å². The topological polar surface area (TPSA) is 155 Å². The quantitative estimate of drug-likeness (QED) is 0.0660. The highest BCUT2D eigenvalue weighted by Crippen LogP contribution is 2.44. The van der Waals surface area contributed by atoms with Gasteiger partial charge in [0.25, 0.3) is 0 Å². The molecule has 2 N–H and O–H groups in total. The molecule has 3 aromatic carbocycles. The number of carboxylic acid groups (broad SMARTS) is 2. The highest BCUT2D eigenvalue weighted by molar-refractivity contribution is 6.01. The lowest BCUT2D eigenvalue weighted by atomic mass is 9.88. The molecule has 0 unspecified atom stereocenters. The van der Waals surface area contributed by atoms with Crippen LogP contribution in [0.3, 0.4) is 0 Å². The second-order valence-corrected chi connectivity index (χ2v) is 12.5. The van der Waals surface area contributed by atoms with E-state index in [1.54, 1.807) is 58.0 Å². The predicted octanol–water partition coefficient (Wildman–Crippen LogP) is 8.21. The van der Waals surface area contributed by atoms with Gasteiger partial charge in [0.2, 0.25) is 0 Å². The van der Waals surface area contributed by atoms with Gasteiger partial charge < -0.3 is 33.9 Å². The standard InChI is InChI=1S/C41H48O11/c1-9-34(42)48-17-11-13-19-50-38-25(5)21-31(40(44)45)36(27(38)7)29-15-16-30(33(23-29)52-24(3)4)37-28(8)39(26(6)22-32(37)41(46)47)51-20-14-12-18-49-35(43)10-2/h9-10,15-16,21-24H,1-2,11-14,17-20H2,3-8H3,(H,44,45)(H,46,47). The molecule has 0 heterocycles. The van der Waals surface area contributed by atoms with E-state index < -0.39 is 23.9 Å². The number of hydrogen-bond donors (Lipinski definition) is 2. The number of aromatic carboxylic acids is 2. The van der Waals surface area contributed by atoms with Gasteiger partial charge in [-0.05, 0) is 114 Å². The van der Waals surface area contributed by atoms with E-state index in [0.717, 1.165) is 12.2 Å². The molecule has 278 valence electrons. The van der Waals surface area contributed by atoms with Crippen LogP contribution in [0.5, 0.6) is 17.2 Å². The predicted molar refractivity (Wildman–Crippen MR) is 198 cm³/mol. The maximum absolute atomic E-state index is 12.6. The molecule has 0 aliphatic heterocycles. The monoisotopic (exact) mass is 716 g/mol. The summed E-state index contributed by atoms with van der Waals surface area (Å²) in [5.41, 5.74) is 4.56. The van der Waals surface area contributed by atoms with Crippen LogP contribution in [0, 0.1) is 27.7 Å². The fraction of sp³-hybridized carbons (Fsp3) is 0.366. The van der Waals surface area contributed by atoms with Crippen LogP contribution in [0.2, 0.25) is 0 Å². The molecule has 0 aromatic heterocycles. The van der Waals surface area contributed by atoms with Crippen molar-refractivity contribution in [1.82, 2.24) is 0 Å². The first-order valence-corrected chi connectivity index (χ1v) is 17.1. The molecule has 0 radical (unpaired) electrons. The van der Waals surface area contributed by atoms with Gasteiger partial charge in [0.1, 0.15) is 17.2 Å². The van der Waals surface area contributed by atoms with E-state index in [1.165, 1.54) is 0 Å². The maximum Gasteiger partial charge on any atom is 0.336 e. The highest BCUT2D eigenvalue weighted by atomic mass is 16.5. The van der Waals surface area contributed by atoms with Crippen LogP contribution in [0.15, 0.2) is 55.6 Å². The van der Waals surface area contributed by atoms with Gasteiger partial charge in [0.15, 0.2) is 0 Å². The lowest BCUT2D eigenvalue weighted by Gasteiger charge is -2.23. The summed E-state index contributed by atoms with van der Waals surface area (Å²) in [6.45, 7) is 18.7. The molecule has 52 heavy (non-hydrogen) atoms. The molecule has 0 fully saturated rings. The van der Waals surface area contributed by atoms with E-state index >= 15 is 0 Å². The second-order valence-electron chi connectivity index (χ2n) is 12.5. The zero-order chi connectivity index (χ0) is 38.5. The summed E-state index contributed by atoms with van der Waals surface area (Å²) in [6, 6.07) is 8.36. The van der Waals surface area contributed by atoms with Crippen LogP contribution in [0.1, 0.15) is 82.5 Å². The molecule has 3 rings (SSSR count). The van der Waals surface area contributed by atoms with E-state index in [0.29, 0.717) is 101 Å². The Kier molecular flexibility index (Phi) is 15.0. The average molecular weight is 717 g/mol. The van der Waals surface area contributed by atoms with Gasteiger partial charge in [0.05, 0.1) is 43.7 Å². The van der Waals surface area contributed by atoms with Crippen LogP contribution in [-0.2, 0) is 19.1 Å². The van der Waals surface area contributed by atoms with Gasteiger partial charge in [-0.1, -0.05) is 19.2 Å². The van der Waals surface area contributed by atoms with Gasteiger partial charge in [-0.25, -0.2) is 19.2 Å². The number of esters is 2. The highest BCUT2D eigenvalue weighted by Gasteiger charge is 2.26. The third-order valence-electron chi connectivity index (χ3n) is 8.16. The summed E-state index contributed by atoms with van der Waals surface area (Å²) in [7, 11) is 0. The molecule has 0 atom stereocenters. The van der Waals surface area contributed by atoms with Gasteiger partial charge in [-0.2, -0.15) is 0 Å². The van der Waals surface area contributed by atoms with Gasteiger partial charge >= 0.3 is 23.9 Å². The number of carbonyl (C=O) groups is 4. The second kappa shape index (κ2) is 19.1. The lowest BCUT2D eigenvalue weighted by molar-refractivity contribution is -0.138. The molecular formula is C41H48O11. The summed E-state index contributed by atoms with van der Waals surface area (Å²) in [5, 5.41) is 20.6. The van der Waals surface area contributed by atoms with Crippen molar-refractivity contribution in [3.8, 4) is 39.5 Å². The molecule has 0 amide bonds. The van der Waals surface area contributed by atoms with Crippen LogP contribution >= 0.6 is 0 Å². The van der Waals surface area contributed by atoms with Crippen molar-refractivity contribution in [2.45, 2.75) is 73.3 Å². The first-order valence-electron chi connectivity index (χ1n) is 17.1. The molecule has 0 saturated heterocycles. The third-order valence-corrected chi connectivity index (χ3v) is 8.16. The van der Waals surface area contributed by atoms with E-state index in [1.807, 2.05) is 13.8 Å². The van der Waals surface area contributed by atoms with Crippen molar-refractivity contribution in [2.24, 2.45) is 0 Å². The lowest BCUT2D eigenvalue weighted by Crippen LogP contribution is -2.11. The van der Waals surface area contributed by atoms with Crippen LogP contribution in [0.25, 0.3) is 22.3 Å². The third kappa shape index (κ3) is 10.5. The summed E-state index contributed by atoms with van der Waals surface area (Å²) in [5.74, 6) is -1.78. The van der Waals surface area contributed by atoms with Gasteiger partial charge in [0, 0.05) is 34.4 Å². The van der Waals surface area contributed by atoms with Crippen LogP contribution < -0.4 is 14.2 Å². The molecule has 11 nitrogen and oxygen atoms in total. The van der Waals surface area contributed by atoms with Crippen molar-refractivity contribution in [1.29, 1.82) is 0 Å². The van der Waals surface area contributed by atoms with Crippen molar-refractivity contribution in [2.75, 3.05) is 26.4 Å². The van der Waals surface area contributed by atoms with Crippen molar-refractivity contribution < 1.29 is 53.1 Å². The van der Waals surface area contributed by atoms with Gasteiger partial charge in [-0.15, -0.1) is 0 Å². The number of carboxylic acids is 2. The Morgan fingerprint density at radius 1 is 0.673 bits per heavy atom. The summed E-state index contributed by atoms with van der Waals surface area (Å²) in [4.78, 5) is 47.8. The molecule has 11 heteroatoms. The molecule has 0 bridgehead atoms. The van der Waals surface area contributed by atoms with E-state index in [4.69, 9.17) is 23.7 Å².